The molecule has 1 aromatic rings. The van der Waals surface area contributed by atoms with E-state index in [1.54, 1.807) is 0 Å². The van der Waals surface area contributed by atoms with E-state index < -0.39 is 10.8 Å². The Hall–Kier alpha value is -0.190. The Morgan fingerprint density at radius 1 is 1.50 bits per heavy atom. The van der Waals surface area contributed by atoms with Gasteiger partial charge < -0.3 is 5.32 Å². The summed E-state index contributed by atoms with van der Waals surface area (Å²) in [5.74, 6) is 0.807. The molecule has 1 aliphatic carbocycles. The van der Waals surface area contributed by atoms with Gasteiger partial charge in [0.2, 0.25) is 0 Å². The van der Waals surface area contributed by atoms with Crippen LogP contribution in [0, 0.1) is 6.92 Å². The summed E-state index contributed by atoms with van der Waals surface area (Å²) in [7, 11) is -0.616. The monoisotopic (exact) mass is 285 g/mol. The van der Waals surface area contributed by atoms with Crippen LogP contribution in [0.1, 0.15) is 43.0 Å². The topological polar surface area (TPSA) is 29.1 Å². The molecular weight excluding hydrogens is 262 g/mol. The fourth-order valence-corrected chi connectivity index (χ4v) is 4.83. The van der Waals surface area contributed by atoms with E-state index in [0.29, 0.717) is 11.3 Å². The van der Waals surface area contributed by atoms with E-state index in [-0.39, 0.29) is 0 Å². The van der Waals surface area contributed by atoms with E-state index in [1.165, 1.54) is 23.3 Å². The van der Waals surface area contributed by atoms with Crippen LogP contribution in [-0.4, -0.2) is 21.3 Å². The van der Waals surface area contributed by atoms with Crippen LogP contribution >= 0.6 is 11.3 Å². The smallest absolute Gasteiger partial charge is 0.0362 e. The van der Waals surface area contributed by atoms with Crippen molar-refractivity contribution < 1.29 is 4.21 Å². The second-order valence-electron chi connectivity index (χ2n) is 5.06. The van der Waals surface area contributed by atoms with Crippen molar-refractivity contribution in [1.29, 1.82) is 0 Å². The molecule has 0 unspecified atom stereocenters. The summed E-state index contributed by atoms with van der Waals surface area (Å²) < 4.78 is 11.9. The molecule has 0 bridgehead atoms. The molecule has 1 aliphatic rings. The zero-order valence-corrected chi connectivity index (χ0v) is 12.9. The predicted octanol–water partition coefficient (Wildman–Crippen LogP) is 3.23. The van der Waals surface area contributed by atoms with E-state index in [4.69, 9.17) is 0 Å². The predicted molar refractivity (Wildman–Crippen MR) is 80.6 cm³/mol. The van der Waals surface area contributed by atoms with Crippen molar-refractivity contribution in [3.63, 3.8) is 0 Å². The number of aryl methyl sites for hydroxylation is 1. The largest absolute Gasteiger partial charge is 0.309 e. The normalized spacial score (nSPS) is 26.1. The fourth-order valence-electron chi connectivity index (χ4n) is 2.63. The standard InChI is InChI=1S/C14H23NOS2/c1-3-18(16)13-6-4-5-12(9-13)15-10-14-11(2)7-8-17-14/h7-8,12-13,15H,3-6,9-10H2,1-2H3/t12-,13-,18+/m1/s1. The van der Waals surface area contributed by atoms with E-state index >= 15 is 0 Å². The maximum absolute atomic E-state index is 11.9. The second-order valence-corrected chi connectivity index (χ2v) is 8.07. The van der Waals surface area contributed by atoms with Gasteiger partial charge in [0.25, 0.3) is 0 Å². The molecular formula is C14H23NOS2. The number of rotatable bonds is 5. The molecule has 1 aromatic heterocycles. The maximum atomic E-state index is 11.9. The molecule has 1 heterocycles. The quantitative estimate of drug-likeness (QED) is 0.900. The number of hydrogen-bond donors (Lipinski definition) is 1. The Balaban J connectivity index is 1.83. The zero-order valence-electron chi connectivity index (χ0n) is 11.3. The number of thiophene rings is 1. The Kier molecular flexibility index (Phi) is 5.39. The van der Waals surface area contributed by atoms with Crippen molar-refractivity contribution in [2.45, 2.75) is 57.4 Å². The number of hydrogen-bond acceptors (Lipinski definition) is 3. The second kappa shape index (κ2) is 6.83. The van der Waals surface area contributed by atoms with Crippen LogP contribution in [0.5, 0.6) is 0 Å². The highest BCUT2D eigenvalue weighted by molar-refractivity contribution is 7.85. The highest BCUT2D eigenvalue weighted by atomic mass is 32.2. The highest BCUT2D eigenvalue weighted by Crippen LogP contribution is 2.24. The summed E-state index contributed by atoms with van der Waals surface area (Å²) >= 11 is 1.83. The summed E-state index contributed by atoms with van der Waals surface area (Å²) in [6, 6.07) is 2.73. The van der Waals surface area contributed by atoms with Gasteiger partial charge in [-0.3, -0.25) is 4.21 Å². The summed E-state index contributed by atoms with van der Waals surface area (Å²) in [4.78, 5) is 1.44. The Bertz CT molecular complexity index is 402. The molecule has 0 radical (unpaired) electrons. The first-order valence-corrected chi connectivity index (χ1v) is 9.10. The molecule has 0 aliphatic heterocycles. The fraction of sp³-hybridized carbons (Fsp3) is 0.714. The van der Waals surface area contributed by atoms with Crippen molar-refractivity contribution in [3.8, 4) is 0 Å². The average molecular weight is 285 g/mol. The van der Waals surface area contributed by atoms with Gasteiger partial charge in [0.15, 0.2) is 0 Å². The molecule has 3 atom stereocenters. The minimum atomic E-state index is -0.616. The van der Waals surface area contributed by atoms with Gasteiger partial charge in [-0.2, -0.15) is 0 Å². The lowest BCUT2D eigenvalue weighted by atomic mass is 9.95. The molecule has 0 spiro atoms. The summed E-state index contributed by atoms with van der Waals surface area (Å²) in [5, 5.41) is 6.23. The van der Waals surface area contributed by atoms with E-state index in [0.717, 1.165) is 25.1 Å². The Morgan fingerprint density at radius 2 is 2.33 bits per heavy atom. The van der Waals surface area contributed by atoms with Gasteiger partial charge in [-0.1, -0.05) is 13.3 Å². The van der Waals surface area contributed by atoms with Gasteiger partial charge >= 0.3 is 0 Å². The van der Waals surface area contributed by atoms with Crippen LogP contribution in [0.4, 0.5) is 0 Å². The molecule has 0 aromatic carbocycles. The van der Waals surface area contributed by atoms with Crippen molar-refractivity contribution in [2.24, 2.45) is 0 Å². The summed E-state index contributed by atoms with van der Waals surface area (Å²) in [6.07, 6.45) is 4.70. The van der Waals surface area contributed by atoms with Gasteiger partial charge in [-0.25, -0.2) is 0 Å². The van der Waals surface area contributed by atoms with Crippen molar-refractivity contribution in [3.05, 3.63) is 21.9 Å². The SMILES string of the molecule is CC[S@](=O)[C@@H]1CCC[C@@H](NCc2sccc2C)C1. The maximum Gasteiger partial charge on any atom is 0.0362 e. The molecule has 0 amide bonds. The van der Waals surface area contributed by atoms with Gasteiger partial charge in [0.1, 0.15) is 0 Å². The van der Waals surface area contributed by atoms with E-state index in [1.807, 2.05) is 18.3 Å². The van der Waals surface area contributed by atoms with Crippen LogP contribution in [0.2, 0.25) is 0 Å². The van der Waals surface area contributed by atoms with E-state index in [2.05, 4.69) is 23.7 Å². The number of nitrogens with one attached hydrogen (secondary N) is 1. The van der Waals surface area contributed by atoms with Crippen LogP contribution in [-0.2, 0) is 17.3 Å². The first kappa shape index (κ1) is 14.2. The van der Waals surface area contributed by atoms with E-state index in [9.17, 15) is 4.21 Å². The van der Waals surface area contributed by atoms with Crippen molar-refractivity contribution in [2.75, 3.05) is 5.75 Å². The van der Waals surface area contributed by atoms with Crippen LogP contribution in [0.3, 0.4) is 0 Å². The van der Waals surface area contributed by atoms with Gasteiger partial charge in [-0.05, 0) is 43.2 Å². The molecule has 102 valence electrons. The third kappa shape index (κ3) is 3.65. The van der Waals surface area contributed by atoms with Crippen LogP contribution in [0.15, 0.2) is 11.4 Å². The molecule has 2 rings (SSSR count). The molecule has 1 N–H and O–H groups in total. The summed E-state index contributed by atoms with van der Waals surface area (Å²) in [6.45, 7) is 5.17. The molecule has 18 heavy (non-hydrogen) atoms. The lowest BCUT2D eigenvalue weighted by Gasteiger charge is -2.29. The Labute approximate surface area is 117 Å². The van der Waals surface area contributed by atoms with Crippen LogP contribution < -0.4 is 5.32 Å². The lowest BCUT2D eigenvalue weighted by Crippen LogP contribution is -2.37. The minimum absolute atomic E-state index is 0.422. The highest BCUT2D eigenvalue weighted by Gasteiger charge is 2.25. The van der Waals surface area contributed by atoms with Crippen molar-refractivity contribution in [1.82, 2.24) is 5.32 Å². The van der Waals surface area contributed by atoms with Crippen molar-refractivity contribution >= 4 is 22.1 Å². The molecule has 4 heteroatoms. The zero-order chi connectivity index (χ0) is 13.0. The third-order valence-corrected chi connectivity index (χ3v) is 6.57. The Morgan fingerprint density at radius 3 is 3.00 bits per heavy atom. The van der Waals surface area contributed by atoms with Crippen LogP contribution in [0.25, 0.3) is 0 Å². The van der Waals surface area contributed by atoms with Gasteiger partial charge in [0.05, 0.1) is 0 Å². The first-order chi connectivity index (χ1) is 8.70. The lowest BCUT2D eigenvalue weighted by molar-refractivity contribution is 0.376. The third-order valence-electron chi connectivity index (χ3n) is 3.80. The molecule has 1 saturated carbocycles. The van der Waals surface area contributed by atoms with Gasteiger partial charge in [-0.15, -0.1) is 11.3 Å². The first-order valence-electron chi connectivity index (χ1n) is 6.84. The molecule has 1 fully saturated rings. The molecule has 0 saturated heterocycles. The van der Waals surface area contributed by atoms with Gasteiger partial charge in [0, 0.05) is 39.3 Å². The minimum Gasteiger partial charge on any atom is -0.309 e. The average Bonchev–Trinajstić information content (AvgIpc) is 2.81. The summed E-state index contributed by atoms with van der Waals surface area (Å²) in [5.41, 5.74) is 1.39. The molecule has 2 nitrogen and oxygen atoms in total.